The molecule has 0 unspecified atom stereocenters. The molecule has 4 bridgehead atoms. The first kappa shape index (κ1) is 16.2. The maximum atomic E-state index is 11.9. The van der Waals surface area contributed by atoms with Crippen molar-refractivity contribution in [1.82, 2.24) is 0 Å². The summed E-state index contributed by atoms with van der Waals surface area (Å²) in [5.74, 6) is 3.41. The van der Waals surface area contributed by atoms with Gasteiger partial charge in [-0.3, -0.25) is 0 Å². The fourth-order valence-corrected chi connectivity index (χ4v) is 6.55. The van der Waals surface area contributed by atoms with Crippen LogP contribution in [0.3, 0.4) is 0 Å². The van der Waals surface area contributed by atoms with E-state index < -0.39 is 0 Å². The molecule has 4 aliphatic carbocycles. The Morgan fingerprint density at radius 3 is 2.15 bits per heavy atom. The van der Waals surface area contributed by atoms with Gasteiger partial charge in [0.15, 0.2) is 0 Å². The Labute approximate surface area is 154 Å². The highest BCUT2D eigenvalue weighted by molar-refractivity contribution is 5.96. The van der Waals surface area contributed by atoms with E-state index in [1.165, 1.54) is 56.6 Å². The van der Waals surface area contributed by atoms with E-state index in [1.807, 2.05) is 18.2 Å². The summed E-state index contributed by atoms with van der Waals surface area (Å²) >= 11 is 0. The van der Waals surface area contributed by atoms with Gasteiger partial charge in [0.25, 0.3) is 0 Å². The molecule has 0 spiro atoms. The van der Waals surface area contributed by atoms with Gasteiger partial charge in [0, 0.05) is 5.56 Å². The average molecular weight is 350 g/mol. The minimum absolute atomic E-state index is 0.295. The number of hydrogen-bond acceptors (Lipinski definition) is 3. The molecular formula is C23H26O3. The lowest BCUT2D eigenvalue weighted by Gasteiger charge is -2.57. The molecule has 0 N–H and O–H groups in total. The van der Waals surface area contributed by atoms with Crippen LogP contribution >= 0.6 is 0 Å². The molecule has 4 aliphatic rings. The lowest BCUT2D eigenvalue weighted by molar-refractivity contribution is -0.00609. The summed E-state index contributed by atoms with van der Waals surface area (Å²) in [4.78, 5) is 11.9. The van der Waals surface area contributed by atoms with Gasteiger partial charge in [-0.1, -0.05) is 6.07 Å². The van der Waals surface area contributed by atoms with Gasteiger partial charge in [-0.25, -0.2) is 4.79 Å². The molecule has 0 aliphatic heterocycles. The van der Waals surface area contributed by atoms with Crippen LogP contribution in [0, 0.1) is 17.8 Å². The van der Waals surface area contributed by atoms with Crippen molar-refractivity contribution < 1.29 is 14.3 Å². The molecule has 0 aromatic heterocycles. The van der Waals surface area contributed by atoms with Crippen molar-refractivity contribution in [1.29, 1.82) is 0 Å². The van der Waals surface area contributed by atoms with Crippen LogP contribution in [0.15, 0.2) is 30.3 Å². The van der Waals surface area contributed by atoms with Crippen molar-refractivity contribution in [3.8, 4) is 5.75 Å². The van der Waals surface area contributed by atoms with Crippen LogP contribution in [0.1, 0.15) is 54.4 Å². The number of benzene rings is 2. The molecule has 0 atom stereocenters. The van der Waals surface area contributed by atoms with Crippen LogP contribution in [0.2, 0.25) is 0 Å². The van der Waals surface area contributed by atoms with Crippen LogP contribution in [0.4, 0.5) is 0 Å². The number of ether oxygens (including phenoxy) is 2. The monoisotopic (exact) mass is 350 g/mol. The van der Waals surface area contributed by atoms with E-state index in [0.29, 0.717) is 11.0 Å². The van der Waals surface area contributed by atoms with E-state index in [0.717, 1.165) is 28.9 Å². The first-order chi connectivity index (χ1) is 12.6. The van der Waals surface area contributed by atoms with Crippen LogP contribution in [0.25, 0.3) is 10.8 Å². The topological polar surface area (TPSA) is 35.5 Å². The molecule has 4 fully saturated rings. The van der Waals surface area contributed by atoms with Crippen molar-refractivity contribution >= 4 is 16.7 Å². The molecule has 0 radical (unpaired) electrons. The molecule has 0 saturated heterocycles. The molecule has 136 valence electrons. The zero-order valence-corrected chi connectivity index (χ0v) is 15.6. The summed E-state index contributed by atoms with van der Waals surface area (Å²) in [5, 5.41) is 2.22. The molecule has 2 aromatic rings. The van der Waals surface area contributed by atoms with Crippen LogP contribution in [-0.2, 0) is 10.2 Å². The second-order valence-electron chi connectivity index (χ2n) is 8.80. The highest BCUT2D eigenvalue weighted by atomic mass is 16.5. The van der Waals surface area contributed by atoms with Crippen molar-refractivity contribution in [3.05, 3.63) is 41.5 Å². The number of esters is 1. The Morgan fingerprint density at radius 1 is 0.923 bits per heavy atom. The molecule has 3 heteroatoms. The third-order valence-electron chi connectivity index (χ3n) is 7.19. The lowest BCUT2D eigenvalue weighted by atomic mass is 9.48. The predicted molar refractivity (Wildman–Crippen MR) is 102 cm³/mol. The van der Waals surface area contributed by atoms with Gasteiger partial charge < -0.3 is 9.47 Å². The quantitative estimate of drug-likeness (QED) is 0.722. The molecule has 0 heterocycles. The lowest BCUT2D eigenvalue weighted by Crippen LogP contribution is -2.48. The van der Waals surface area contributed by atoms with E-state index in [1.54, 1.807) is 7.11 Å². The van der Waals surface area contributed by atoms with Crippen molar-refractivity contribution in [2.24, 2.45) is 17.8 Å². The maximum Gasteiger partial charge on any atom is 0.337 e. The Hall–Kier alpha value is -2.03. The van der Waals surface area contributed by atoms with Gasteiger partial charge >= 0.3 is 5.97 Å². The number of rotatable bonds is 3. The van der Waals surface area contributed by atoms with Gasteiger partial charge in [0.2, 0.25) is 0 Å². The first-order valence-electron chi connectivity index (χ1n) is 9.81. The standard InChI is InChI=1S/C23H26O3/c1-25-21-10-19-8-18(22(24)26-2)4-3-17(19)9-20(21)23-11-14-5-15(12-23)7-16(6-14)13-23/h3-4,8-10,14-16H,5-7,11-13H2,1-2H3. The normalized spacial score (nSPS) is 32.0. The summed E-state index contributed by atoms with van der Waals surface area (Å²) < 4.78 is 10.7. The van der Waals surface area contributed by atoms with E-state index >= 15 is 0 Å². The first-order valence-corrected chi connectivity index (χ1v) is 9.81. The largest absolute Gasteiger partial charge is 0.496 e. The Bertz CT molecular complexity index is 847. The van der Waals surface area contributed by atoms with E-state index in [9.17, 15) is 4.79 Å². The van der Waals surface area contributed by atoms with E-state index in [-0.39, 0.29) is 5.97 Å². The number of fused-ring (bicyclic) bond motifs is 1. The second kappa shape index (κ2) is 5.73. The highest BCUT2D eigenvalue weighted by Crippen LogP contribution is 2.62. The number of methoxy groups -OCH3 is 2. The highest BCUT2D eigenvalue weighted by Gasteiger charge is 2.52. The fraction of sp³-hybridized carbons (Fsp3) is 0.522. The van der Waals surface area contributed by atoms with Crippen molar-refractivity contribution in [2.45, 2.75) is 43.9 Å². The van der Waals surface area contributed by atoms with Crippen LogP contribution < -0.4 is 4.74 Å². The molecule has 3 nitrogen and oxygen atoms in total. The SMILES string of the molecule is COC(=O)c1ccc2cc(C34CC5CC(CC(C5)C3)C4)c(OC)cc2c1. The Balaban J connectivity index is 1.63. The van der Waals surface area contributed by atoms with Crippen LogP contribution in [0.5, 0.6) is 5.75 Å². The Kier molecular flexibility index (Phi) is 3.57. The fourth-order valence-electron chi connectivity index (χ4n) is 6.55. The van der Waals surface area contributed by atoms with E-state index in [2.05, 4.69) is 12.1 Å². The summed E-state index contributed by atoms with van der Waals surface area (Å²) in [7, 11) is 3.19. The maximum absolute atomic E-state index is 11.9. The van der Waals surface area contributed by atoms with Gasteiger partial charge in [-0.15, -0.1) is 0 Å². The van der Waals surface area contributed by atoms with Crippen molar-refractivity contribution in [3.63, 3.8) is 0 Å². The molecule has 0 amide bonds. The van der Waals surface area contributed by atoms with Gasteiger partial charge in [-0.05, 0) is 96.7 Å². The Morgan fingerprint density at radius 2 is 1.58 bits per heavy atom. The summed E-state index contributed by atoms with van der Waals surface area (Å²) in [6, 6.07) is 10.3. The number of carbonyl (C=O) groups is 1. The molecular weight excluding hydrogens is 324 g/mol. The molecule has 4 saturated carbocycles. The summed E-state index contributed by atoms with van der Waals surface area (Å²) in [6.45, 7) is 0. The predicted octanol–water partition coefficient (Wildman–Crippen LogP) is 5.10. The van der Waals surface area contributed by atoms with Gasteiger partial charge in [0.05, 0.1) is 19.8 Å². The molecule has 6 rings (SSSR count). The van der Waals surface area contributed by atoms with Gasteiger partial charge in [-0.2, -0.15) is 0 Å². The average Bonchev–Trinajstić information content (AvgIpc) is 2.64. The van der Waals surface area contributed by atoms with Crippen LogP contribution in [-0.4, -0.2) is 20.2 Å². The second-order valence-corrected chi connectivity index (χ2v) is 8.80. The van der Waals surface area contributed by atoms with Gasteiger partial charge in [0.1, 0.15) is 5.75 Å². The summed E-state index contributed by atoms with van der Waals surface area (Å²) in [5.41, 5.74) is 2.29. The van der Waals surface area contributed by atoms with E-state index in [4.69, 9.17) is 9.47 Å². The molecule has 2 aromatic carbocycles. The number of hydrogen-bond donors (Lipinski definition) is 0. The number of carbonyl (C=O) groups excluding carboxylic acids is 1. The van der Waals surface area contributed by atoms with Crippen molar-refractivity contribution in [2.75, 3.05) is 14.2 Å². The molecule has 26 heavy (non-hydrogen) atoms. The third kappa shape index (κ3) is 2.36. The zero-order valence-electron chi connectivity index (χ0n) is 15.6. The smallest absolute Gasteiger partial charge is 0.337 e. The summed E-state index contributed by atoms with van der Waals surface area (Å²) in [6.07, 6.45) is 8.29. The minimum atomic E-state index is -0.295. The zero-order chi connectivity index (χ0) is 17.9. The third-order valence-corrected chi connectivity index (χ3v) is 7.19. The minimum Gasteiger partial charge on any atom is -0.496 e.